The van der Waals surface area contributed by atoms with Crippen LogP contribution in [0.4, 0.5) is 0 Å². The van der Waals surface area contributed by atoms with Gasteiger partial charge in [0.1, 0.15) is 4.83 Å². The highest BCUT2D eigenvalue weighted by molar-refractivity contribution is 7.18. The minimum Gasteiger partial charge on any atom is -0.315 e. The van der Waals surface area contributed by atoms with Crippen LogP contribution < -0.4 is 10.9 Å². The molecule has 0 unspecified atom stereocenters. The molecular weight excluding hydrogens is 246 g/mol. The van der Waals surface area contributed by atoms with Gasteiger partial charge < -0.3 is 5.32 Å². The Bertz CT molecular complexity index is 600. The molecule has 0 radical (unpaired) electrons. The summed E-state index contributed by atoms with van der Waals surface area (Å²) in [6, 6.07) is 0. The van der Waals surface area contributed by atoms with E-state index in [4.69, 9.17) is 0 Å². The van der Waals surface area contributed by atoms with E-state index in [0.717, 1.165) is 35.3 Å². The predicted molar refractivity (Wildman–Crippen MR) is 76.5 cm³/mol. The minimum atomic E-state index is 0.0835. The molecule has 1 N–H and O–H groups in total. The molecule has 2 aromatic rings. The third-order valence-corrected chi connectivity index (χ3v) is 4.23. The van der Waals surface area contributed by atoms with Crippen molar-refractivity contribution in [3.63, 3.8) is 0 Å². The molecule has 2 heterocycles. The van der Waals surface area contributed by atoms with Crippen LogP contribution in [0.3, 0.4) is 0 Å². The van der Waals surface area contributed by atoms with Gasteiger partial charge in [-0.2, -0.15) is 0 Å². The zero-order chi connectivity index (χ0) is 13.1. The van der Waals surface area contributed by atoms with Gasteiger partial charge in [-0.25, -0.2) is 4.98 Å². The lowest BCUT2D eigenvalue weighted by Crippen LogP contribution is -2.27. The molecule has 0 saturated carbocycles. The third-order valence-electron chi connectivity index (χ3n) is 3.11. The molecule has 0 fully saturated rings. The van der Waals surface area contributed by atoms with Crippen molar-refractivity contribution in [3.05, 3.63) is 27.1 Å². The van der Waals surface area contributed by atoms with Crippen molar-refractivity contribution in [3.8, 4) is 0 Å². The van der Waals surface area contributed by atoms with E-state index in [2.05, 4.69) is 17.2 Å². The van der Waals surface area contributed by atoms with Crippen LogP contribution in [-0.4, -0.2) is 22.6 Å². The second kappa shape index (κ2) is 5.63. The summed E-state index contributed by atoms with van der Waals surface area (Å²) in [4.78, 5) is 18.7. The first-order valence-electron chi connectivity index (χ1n) is 6.31. The Morgan fingerprint density at radius 2 is 2.17 bits per heavy atom. The molecule has 0 saturated heterocycles. The SMILES string of the molecule is CCCNCCn1cnc2sc(C)c(C)c2c1=O. The molecule has 4 nitrogen and oxygen atoms in total. The number of nitrogens with one attached hydrogen (secondary N) is 1. The molecule has 0 atom stereocenters. The summed E-state index contributed by atoms with van der Waals surface area (Å²) in [7, 11) is 0. The first-order chi connectivity index (χ1) is 8.65. The maximum Gasteiger partial charge on any atom is 0.262 e. The van der Waals surface area contributed by atoms with Crippen molar-refractivity contribution in [1.29, 1.82) is 0 Å². The van der Waals surface area contributed by atoms with E-state index >= 15 is 0 Å². The number of rotatable bonds is 5. The Kier molecular flexibility index (Phi) is 4.14. The summed E-state index contributed by atoms with van der Waals surface area (Å²) in [5, 5.41) is 4.08. The quantitative estimate of drug-likeness (QED) is 0.842. The molecule has 0 aliphatic rings. The van der Waals surface area contributed by atoms with Gasteiger partial charge in [0.25, 0.3) is 5.56 Å². The molecule has 0 spiro atoms. The fraction of sp³-hybridized carbons (Fsp3) is 0.538. The van der Waals surface area contributed by atoms with E-state index in [-0.39, 0.29) is 5.56 Å². The van der Waals surface area contributed by atoms with E-state index < -0.39 is 0 Å². The predicted octanol–water partition coefficient (Wildman–Crippen LogP) is 2.07. The summed E-state index contributed by atoms with van der Waals surface area (Å²) in [6.45, 7) is 8.63. The highest BCUT2D eigenvalue weighted by Crippen LogP contribution is 2.25. The van der Waals surface area contributed by atoms with Crippen LogP contribution in [0.15, 0.2) is 11.1 Å². The lowest BCUT2D eigenvalue weighted by molar-refractivity contribution is 0.579. The first-order valence-corrected chi connectivity index (χ1v) is 7.12. The van der Waals surface area contributed by atoms with Gasteiger partial charge in [-0.3, -0.25) is 9.36 Å². The zero-order valence-corrected chi connectivity index (χ0v) is 11.9. The van der Waals surface area contributed by atoms with Crippen molar-refractivity contribution in [1.82, 2.24) is 14.9 Å². The van der Waals surface area contributed by atoms with Crippen LogP contribution in [0, 0.1) is 13.8 Å². The number of fused-ring (bicyclic) bond motifs is 1. The molecular formula is C13H19N3OS. The lowest BCUT2D eigenvalue weighted by atomic mass is 10.2. The lowest BCUT2D eigenvalue weighted by Gasteiger charge is -2.06. The highest BCUT2D eigenvalue weighted by Gasteiger charge is 2.11. The largest absolute Gasteiger partial charge is 0.315 e. The van der Waals surface area contributed by atoms with Crippen molar-refractivity contribution in [2.45, 2.75) is 33.7 Å². The van der Waals surface area contributed by atoms with Crippen molar-refractivity contribution in [2.24, 2.45) is 0 Å². The number of aryl methyl sites for hydroxylation is 2. The van der Waals surface area contributed by atoms with Crippen molar-refractivity contribution in [2.75, 3.05) is 13.1 Å². The molecule has 18 heavy (non-hydrogen) atoms. The summed E-state index contributed by atoms with van der Waals surface area (Å²) >= 11 is 1.59. The smallest absolute Gasteiger partial charge is 0.262 e. The van der Waals surface area contributed by atoms with E-state index in [1.165, 1.54) is 4.88 Å². The Hall–Kier alpha value is -1.20. The minimum absolute atomic E-state index is 0.0835. The first kappa shape index (κ1) is 13.2. The molecule has 98 valence electrons. The van der Waals surface area contributed by atoms with Gasteiger partial charge in [0, 0.05) is 18.0 Å². The van der Waals surface area contributed by atoms with E-state index in [0.29, 0.717) is 6.54 Å². The van der Waals surface area contributed by atoms with Gasteiger partial charge in [0.2, 0.25) is 0 Å². The van der Waals surface area contributed by atoms with Crippen molar-refractivity contribution < 1.29 is 0 Å². The summed E-state index contributed by atoms with van der Waals surface area (Å²) in [6.07, 6.45) is 2.77. The van der Waals surface area contributed by atoms with Gasteiger partial charge in [0.15, 0.2) is 0 Å². The fourth-order valence-electron chi connectivity index (χ4n) is 1.93. The number of hydrogen-bond acceptors (Lipinski definition) is 4. The third kappa shape index (κ3) is 2.47. The van der Waals surface area contributed by atoms with Gasteiger partial charge >= 0.3 is 0 Å². The topological polar surface area (TPSA) is 46.9 Å². The summed E-state index contributed by atoms with van der Waals surface area (Å²) in [5.41, 5.74) is 1.16. The van der Waals surface area contributed by atoms with E-state index in [1.807, 2.05) is 13.8 Å². The molecule has 0 amide bonds. The number of thiophene rings is 1. The van der Waals surface area contributed by atoms with Gasteiger partial charge in [-0.1, -0.05) is 6.92 Å². The second-order valence-electron chi connectivity index (χ2n) is 4.46. The van der Waals surface area contributed by atoms with E-state index in [1.54, 1.807) is 22.2 Å². The average molecular weight is 265 g/mol. The Balaban J connectivity index is 2.27. The molecule has 0 aromatic carbocycles. The highest BCUT2D eigenvalue weighted by atomic mass is 32.1. The summed E-state index contributed by atoms with van der Waals surface area (Å²) < 4.78 is 1.70. The number of hydrogen-bond donors (Lipinski definition) is 1. The Morgan fingerprint density at radius 1 is 1.39 bits per heavy atom. The fourth-order valence-corrected chi connectivity index (χ4v) is 2.92. The number of aromatic nitrogens is 2. The van der Waals surface area contributed by atoms with Gasteiger partial charge in [0.05, 0.1) is 11.7 Å². The van der Waals surface area contributed by atoms with Crippen LogP contribution in [0.1, 0.15) is 23.8 Å². The molecule has 0 bridgehead atoms. The standard InChI is InChI=1S/C13H19N3OS/c1-4-5-14-6-7-16-8-15-12-11(13(16)17)9(2)10(3)18-12/h8,14H,4-7H2,1-3H3. The van der Waals surface area contributed by atoms with E-state index in [9.17, 15) is 4.79 Å². The second-order valence-corrected chi connectivity index (χ2v) is 5.66. The summed E-state index contributed by atoms with van der Waals surface area (Å²) in [5.74, 6) is 0. The molecule has 2 aromatic heterocycles. The Labute approximate surface area is 111 Å². The molecule has 2 rings (SSSR count). The molecule has 0 aliphatic heterocycles. The van der Waals surface area contributed by atoms with Crippen LogP contribution >= 0.6 is 11.3 Å². The van der Waals surface area contributed by atoms with Crippen LogP contribution in [0.5, 0.6) is 0 Å². The Morgan fingerprint density at radius 3 is 2.89 bits per heavy atom. The molecule has 0 aliphatic carbocycles. The van der Waals surface area contributed by atoms with Crippen molar-refractivity contribution >= 4 is 21.6 Å². The maximum absolute atomic E-state index is 12.3. The average Bonchev–Trinajstić information content (AvgIpc) is 2.64. The van der Waals surface area contributed by atoms with Crippen LogP contribution in [-0.2, 0) is 6.54 Å². The normalized spacial score (nSPS) is 11.3. The molecule has 5 heteroatoms. The van der Waals surface area contributed by atoms with Gasteiger partial charge in [-0.05, 0) is 32.4 Å². The maximum atomic E-state index is 12.3. The zero-order valence-electron chi connectivity index (χ0n) is 11.1. The monoisotopic (exact) mass is 265 g/mol. The van der Waals surface area contributed by atoms with Gasteiger partial charge in [-0.15, -0.1) is 11.3 Å². The van der Waals surface area contributed by atoms with Crippen LogP contribution in [0.2, 0.25) is 0 Å². The number of nitrogens with zero attached hydrogens (tertiary/aromatic N) is 2. The van der Waals surface area contributed by atoms with Crippen LogP contribution in [0.25, 0.3) is 10.2 Å².